The summed E-state index contributed by atoms with van der Waals surface area (Å²) < 4.78 is 22.0. The Bertz CT molecular complexity index is 4450. The van der Waals surface area contributed by atoms with Gasteiger partial charge in [-0.05, 0) is 231 Å². The quantitative estimate of drug-likeness (QED) is 0.0277. The van der Waals surface area contributed by atoms with E-state index < -0.39 is 23.2 Å². The van der Waals surface area contributed by atoms with Crippen LogP contribution in [0.5, 0.6) is 86.2 Å². The van der Waals surface area contributed by atoms with Gasteiger partial charge in [-0.15, -0.1) is 0 Å². The molecule has 0 unspecified atom stereocenters. The smallest absolute Gasteiger partial charge is 0.338 e. The Morgan fingerprint density at radius 1 is 0.282 bits per heavy atom. The van der Waals surface area contributed by atoms with Gasteiger partial charge in [0.2, 0.25) is 5.75 Å². The molecule has 0 atom stereocenters. The Morgan fingerprint density at radius 3 is 0.940 bits per heavy atom. The summed E-state index contributed by atoms with van der Waals surface area (Å²) in [6, 6.07) is 8.98. The molecule has 0 saturated carbocycles. The van der Waals surface area contributed by atoms with Crippen LogP contribution >= 0.6 is 0 Å². The first-order chi connectivity index (χ1) is 52.6. The maximum Gasteiger partial charge on any atom is 0.338 e. The second-order valence-corrected chi connectivity index (χ2v) is 40.6. The molecule has 0 bridgehead atoms. The van der Waals surface area contributed by atoms with Crippen LogP contribution in [-0.2, 0) is 53.5 Å². The molecule has 0 amide bonds. The normalized spacial score (nSPS) is 12.0. The number of esters is 1. The van der Waals surface area contributed by atoms with Gasteiger partial charge in [0.25, 0.3) is 0 Å². The van der Waals surface area contributed by atoms with Crippen molar-refractivity contribution >= 4 is 5.97 Å². The Hall–Kier alpha value is -8.99. The molecule has 0 aromatic heterocycles. The van der Waals surface area contributed by atoms with Crippen LogP contribution in [-0.4, -0.2) is 94.7 Å². The van der Waals surface area contributed by atoms with E-state index in [1.165, 1.54) is 13.8 Å². The monoisotopic (exact) mass is 1630 g/mol. The van der Waals surface area contributed by atoms with E-state index in [4.69, 9.17) is 18.9 Å². The molecular weight excluding hydrogens is 1470 g/mol. The highest BCUT2D eigenvalue weighted by Crippen LogP contribution is 2.51. The minimum Gasteiger partial charge on any atom is -0.508 e. The number of phenolic OH excluding ortho intramolecular Hbond substituents is 12. The lowest BCUT2D eigenvalue weighted by atomic mass is 9.76. The van der Waals surface area contributed by atoms with Crippen molar-refractivity contribution < 1.29 is 85.0 Å². The molecule has 0 aliphatic rings. The first kappa shape index (κ1) is 106. The minimum absolute atomic E-state index is 0.0272. The van der Waals surface area contributed by atoms with Gasteiger partial charge in [0.15, 0.2) is 11.5 Å². The minimum atomic E-state index is -0.618. The number of aromatic hydroxyl groups is 12. The Balaban J connectivity index is 0.000000685. The Kier molecular flexibility index (Phi) is 36.4. The summed E-state index contributed by atoms with van der Waals surface area (Å²) in [5.41, 5.74) is 16.3. The van der Waals surface area contributed by atoms with Gasteiger partial charge in [-0.2, -0.15) is 0 Å². The van der Waals surface area contributed by atoms with Gasteiger partial charge in [0.05, 0.1) is 33.0 Å². The third-order valence-electron chi connectivity index (χ3n) is 20.7. The average Bonchev–Trinajstić information content (AvgIpc) is 0.755. The number of unbranched alkanes of at least 4 members (excludes halogenated alkanes) is 1. The van der Waals surface area contributed by atoms with Crippen LogP contribution in [0, 0.1) is 83.1 Å². The number of carbonyl (C=O) groups is 1. The van der Waals surface area contributed by atoms with Crippen molar-refractivity contribution in [2.75, 3.05) is 27.4 Å². The highest BCUT2D eigenvalue weighted by atomic mass is 16.5. The number of benzene rings is 7. The first-order valence-corrected chi connectivity index (χ1v) is 40.9. The summed E-state index contributed by atoms with van der Waals surface area (Å²) in [5.74, 6) is 3.34. The maximum absolute atomic E-state index is 11.7. The summed E-state index contributed by atoms with van der Waals surface area (Å²) in [5, 5.41) is 119. The lowest BCUT2D eigenvalue weighted by Gasteiger charge is -2.30. The molecule has 0 radical (unpaired) electrons. The van der Waals surface area contributed by atoms with E-state index in [1.807, 2.05) is 157 Å². The van der Waals surface area contributed by atoms with E-state index in [0.29, 0.717) is 46.5 Å². The lowest BCUT2D eigenvalue weighted by molar-refractivity contribution is 0.0502. The molecular formula is C100H156O17. The van der Waals surface area contributed by atoms with Gasteiger partial charge >= 0.3 is 5.97 Å². The molecule has 0 saturated heterocycles. The number of aryl methyl sites for hydroxylation is 3. The number of ether oxygens (including phenoxy) is 4. The van der Waals surface area contributed by atoms with Crippen molar-refractivity contribution in [3.63, 3.8) is 0 Å². The number of phenols is 12. The molecule has 0 fully saturated rings. The summed E-state index contributed by atoms with van der Waals surface area (Å²) in [4.78, 5) is 11.7. The number of hydrogen-bond donors (Lipinski definition) is 12. The van der Waals surface area contributed by atoms with Crippen LogP contribution in [0.4, 0.5) is 0 Å². The van der Waals surface area contributed by atoms with E-state index in [-0.39, 0.29) is 89.3 Å². The van der Waals surface area contributed by atoms with Crippen molar-refractivity contribution in [1.82, 2.24) is 0 Å². The van der Waals surface area contributed by atoms with E-state index in [9.17, 15) is 66.1 Å². The topological polar surface area (TPSA) is 297 Å². The second-order valence-electron chi connectivity index (χ2n) is 40.6. The van der Waals surface area contributed by atoms with E-state index in [1.54, 1.807) is 40.2 Å². The van der Waals surface area contributed by atoms with Crippen LogP contribution in [0.25, 0.3) is 0 Å². The molecule has 7 aromatic carbocycles. The zero-order valence-corrected chi connectivity index (χ0v) is 80.3. The standard InChI is InChI=1S/C19H32O2.2C16H26O2.C13H20O2.C12H16O5.2C12H18O2/c1-9-10-11-21-17-13(2)16(19(6,7)8)15(20)12-14(17)18(3,4)5;1-10-13(16(5,6)7)12(18-8)9-11(14(10)17)15(2,3)4;1-9-11(15(3,4)5)14(18)10(2)12(13(9)17)16(6,7)8;1-8-7-10(15-6)11(13(3,4)5)9(2)12(8)14;1-4-5-17-12(16)8-6(2)9(13)11(15)10(14)7(8)3;1-7-6-9(13)10(12(3,4)5)8(2)11(7)14;1-7-6-9(13)8(2)10(11(7)14)12(3,4)5/h12,20H,9-11H2,1-8H3;9,17H,1-8H3;17-18H,1-8H3;7,14H,1-6H3;13-15H,4-5H2,1-3H3;2*6,13-14H,1-5H3. The molecule has 0 spiro atoms. The molecule has 0 aliphatic heterocycles. The van der Waals surface area contributed by atoms with Gasteiger partial charge in [-0.25, -0.2) is 4.79 Å². The molecule has 12 N–H and O–H groups in total. The second kappa shape index (κ2) is 40.2. The highest BCUT2D eigenvalue weighted by Gasteiger charge is 2.35. The van der Waals surface area contributed by atoms with Crippen LogP contribution in [0.15, 0.2) is 30.3 Å². The van der Waals surface area contributed by atoms with Gasteiger partial charge in [-0.1, -0.05) is 207 Å². The number of rotatable bonds is 9. The van der Waals surface area contributed by atoms with E-state index in [0.717, 1.165) is 137 Å². The lowest BCUT2D eigenvalue weighted by Crippen LogP contribution is -2.19. The first-order valence-electron chi connectivity index (χ1n) is 40.9. The van der Waals surface area contributed by atoms with Gasteiger partial charge in [0, 0.05) is 61.2 Å². The Morgan fingerprint density at radius 2 is 0.590 bits per heavy atom. The SMILES string of the molecule is CCCCOc1c(C(C)(C)C)cc(O)c(C(C)(C)C)c1C.CCCOC(=O)c1c(C)c(O)c(O)c(O)c1C.COc1cc(C(C)(C)C)c(O)c(C)c1C(C)(C)C.COc1cc(C)c(O)c(C)c1C(C)(C)C.Cc1c(O)c(C(C)(C)C)c(C)c(O)c1C(C)(C)C.Cc1cc(O)c(C(C)(C)C)c(C)c1O.Cc1cc(O)c(C)c(C(C)(C)C)c1O. The van der Waals surface area contributed by atoms with E-state index in [2.05, 4.69) is 118 Å². The molecule has 0 heterocycles. The highest BCUT2D eigenvalue weighted by molar-refractivity contribution is 5.95. The molecule has 17 heteroatoms. The maximum atomic E-state index is 11.7. The fourth-order valence-corrected chi connectivity index (χ4v) is 15.3. The number of hydrogen-bond acceptors (Lipinski definition) is 17. The predicted octanol–water partition coefficient (Wildman–Crippen LogP) is 25.4. The summed E-state index contributed by atoms with van der Waals surface area (Å²) in [7, 11) is 3.36. The summed E-state index contributed by atoms with van der Waals surface area (Å²) in [6.45, 7) is 83.1. The third kappa shape index (κ3) is 26.8. The zero-order valence-electron chi connectivity index (χ0n) is 80.3. The van der Waals surface area contributed by atoms with E-state index >= 15 is 0 Å². The van der Waals surface area contributed by atoms with Crippen LogP contribution in [0.3, 0.4) is 0 Å². The van der Waals surface area contributed by atoms with Crippen molar-refractivity contribution in [3.8, 4) is 86.2 Å². The molecule has 17 nitrogen and oxygen atoms in total. The number of methoxy groups -OCH3 is 2. The largest absolute Gasteiger partial charge is 0.508 e. The molecule has 7 aromatic rings. The zero-order chi connectivity index (χ0) is 92.3. The third-order valence-corrected chi connectivity index (χ3v) is 20.7. The van der Waals surface area contributed by atoms with Gasteiger partial charge < -0.3 is 80.2 Å². The number of carbonyl (C=O) groups excluding carboxylic acids is 1. The predicted molar refractivity (Wildman–Crippen MR) is 484 cm³/mol. The molecule has 658 valence electrons. The van der Waals surface area contributed by atoms with Crippen LogP contribution < -0.4 is 14.2 Å². The Labute approximate surface area is 705 Å². The summed E-state index contributed by atoms with van der Waals surface area (Å²) in [6.07, 6.45) is 2.85. The van der Waals surface area contributed by atoms with Crippen molar-refractivity contribution in [1.29, 1.82) is 0 Å². The molecule has 117 heavy (non-hydrogen) atoms. The van der Waals surface area contributed by atoms with Crippen molar-refractivity contribution in [3.05, 3.63) is 153 Å². The van der Waals surface area contributed by atoms with Gasteiger partial charge in [-0.3, -0.25) is 0 Å². The molecule has 0 aliphatic carbocycles. The summed E-state index contributed by atoms with van der Waals surface area (Å²) >= 11 is 0. The fraction of sp³-hybridized carbons (Fsp3) is 0.570. The molecule has 7 rings (SSSR count). The van der Waals surface area contributed by atoms with Gasteiger partial charge in [0.1, 0.15) is 69.0 Å². The average molecular weight is 1630 g/mol. The van der Waals surface area contributed by atoms with Crippen molar-refractivity contribution in [2.24, 2.45) is 0 Å². The van der Waals surface area contributed by atoms with Crippen LogP contribution in [0.2, 0.25) is 0 Å². The van der Waals surface area contributed by atoms with Crippen LogP contribution in [0.1, 0.15) is 347 Å². The fourth-order valence-electron chi connectivity index (χ4n) is 15.3. The van der Waals surface area contributed by atoms with Crippen molar-refractivity contribution in [2.45, 2.75) is 352 Å².